The van der Waals surface area contributed by atoms with Gasteiger partial charge in [-0.05, 0) is 25.0 Å². The molecule has 1 aliphatic carbocycles. The highest BCUT2D eigenvalue weighted by atomic mass is 32.1. The molecule has 0 unspecified atom stereocenters. The summed E-state index contributed by atoms with van der Waals surface area (Å²) in [5.41, 5.74) is 1.28. The Balaban J connectivity index is 1.53. The first-order valence-corrected chi connectivity index (χ1v) is 8.69. The topological polar surface area (TPSA) is 71.1 Å². The number of anilines is 1. The number of carbonyl (C=O) groups excluding carboxylic acids is 2. The van der Waals surface area contributed by atoms with Crippen LogP contribution in [0.4, 0.5) is 5.13 Å². The first-order valence-electron chi connectivity index (χ1n) is 7.81. The Morgan fingerprint density at radius 1 is 1.17 bits per heavy atom. The highest BCUT2D eigenvalue weighted by molar-refractivity contribution is 7.14. The van der Waals surface area contributed by atoms with Crippen molar-refractivity contribution in [2.75, 3.05) is 5.32 Å². The van der Waals surface area contributed by atoms with Crippen LogP contribution >= 0.6 is 11.3 Å². The van der Waals surface area contributed by atoms with E-state index in [1.807, 2.05) is 23.6 Å². The molecule has 0 bridgehead atoms. The van der Waals surface area contributed by atoms with E-state index in [1.54, 1.807) is 12.1 Å². The molecular weight excluding hydrogens is 310 g/mol. The number of amides is 2. The van der Waals surface area contributed by atoms with Gasteiger partial charge in [0.2, 0.25) is 5.91 Å². The first kappa shape index (κ1) is 15.7. The smallest absolute Gasteiger partial charge is 0.257 e. The minimum Gasteiger partial charge on any atom is -0.353 e. The van der Waals surface area contributed by atoms with Crippen molar-refractivity contribution >= 4 is 28.3 Å². The molecule has 6 heteroatoms. The van der Waals surface area contributed by atoms with Crippen molar-refractivity contribution in [3.63, 3.8) is 0 Å². The van der Waals surface area contributed by atoms with Crippen LogP contribution in [0.5, 0.6) is 0 Å². The average molecular weight is 329 g/mol. The van der Waals surface area contributed by atoms with Gasteiger partial charge in [-0.25, -0.2) is 4.98 Å². The molecule has 1 aromatic carbocycles. The van der Waals surface area contributed by atoms with E-state index in [2.05, 4.69) is 15.6 Å². The van der Waals surface area contributed by atoms with E-state index < -0.39 is 0 Å². The maximum Gasteiger partial charge on any atom is 0.257 e. The molecule has 0 saturated heterocycles. The lowest BCUT2D eigenvalue weighted by molar-refractivity contribution is -0.121. The standard InChI is InChI=1S/C17H19N3O2S/c21-15(18-13-8-4-5-9-13)10-14-11-23-17(19-14)20-16(22)12-6-2-1-3-7-12/h1-3,6-7,11,13H,4-5,8-10H2,(H,18,21)(H,19,20,22). The van der Waals surface area contributed by atoms with Gasteiger partial charge >= 0.3 is 0 Å². The van der Waals surface area contributed by atoms with E-state index >= 15 is 0 Å². The van der Waals surface area contributed by atoms with Gasteiger partial charge in [0.1, 0.15) is 0 Å². The SMILES string of the molecule is O=C(Cc1csc(NC(=O)c2ccccc2)n1)NC1CCCC1. The van der Waals surface area contributed by atoms with Crippen molar-refractivity contribution in [1.29, 1.82) is 0 Å². The minimum absolute atomic E-state index is 0.00290. The van der Waals surface area contributed by atoms with Crippen molar-refractivity contribution in [2.24, 2.45) is 0 Å². The molecule has 1 fully saturated rings. The fourth-order valence-corrected chi connectivity index (χ4v) is 3.42. The van der Waals surface area contributed by atoms with Gasteiger partial charge in [-0.2, -0.15) is 0 Å². The molecule has 1 saturated carbocycles. The summed E-state index contributed by atoms with van der Waals surface area (Å²) in [6.45, 7) is 0. The van der Waals surface area contributed by atoms with Gasteiger partial charge in [0.15, 0.2) is 5.13 Å². The third-order valence-electron chi connectivity index (χ3n) is 3.87. The van der Waals surface area contributed by atoms with Gasteiger partial charge < -0.3 is 5.32 Å². The van der Waals surface area contributed by atoms with E-state index in [-0.39, 0.29) is 18.2 Å². The second kappa shape index (κ2) is 7.37. The number of nitrogens with zero attached hydrogens (tertiary/aromatic N) is 1. The van der Waals surface area contributed by atoms with Crippen LogP contribution in [-0.4, -0.2) is 22.8 Å². The third-order valence-corrected chi connectivity index (χ3v) is 4.68. The molecule has 3 rings (SSSR count). The number of nitrogens with one attached hydrogen (secondary N) is 2. The molecule has 0 atom stereocenters. The zero-order valence-corrected chi connectivity index (χ0v) is 13.6. The summed E-state index contributed by atoms with van der Waals surface area (Å²) < 4.78 is 0. The fraction of sp³-hybridized carbons (Fsp3) is 0.353. The van der Waals surface area contributed by atoms with Gasteiger partial charge in [0, 0.05) is 17.0 Å². The number of carbonyl (C=O) groups is 2. The summed E-state index contributed by atoms with van der Waals surface area (Å²) in [7, 11) is 0. The van der Waals surface area contributed by atoms with Crippen LogP contribution in [0, 0.1) is 0 Å². The van der Waals surface area contributed by atoms with Crippen LogP contribution in [0.2, 0.25) is 0 Å². The van der Waals surface area contributed by atoms with Crippen LogP contribution in [0.1, 0.15) is 41.7 Å². The highest BCUT2D eigenvalue weighted by Gasteiger charge is 2.18. The maximum absolute atomic E-state index is 12.1. The minimum atomic E-state index is -0.193. The molecule has 120 valence electrons. The van der Waals surface area contributed by atoms with Crippen molar-refractivity contribution in [1.82, 2.24) is 10.3 Å². The quantitative estimate of drug-likeness (QED) is 0.886. The van der Waals surface area contributed by atoms with Gasteiger partial charge in [-0.3, -0.25) is 14.9 Å². The van der Waals surface area contributed by atoms with Gasteiger partial charge in [0.25, 0.3) is 5.91 Å². The van der Waals surface area contributed by atoms with Crippen LogP contribution in [0.15, 0.2) is 35.7 Å². The molecule has 1 aromatic heterocycles. The number of aromatic nitrogens is 1. The summed E-state index contributed by atoms with van der Waals surface area (Å²) in [4.78, 5) is 28.4. The number of hydrogen-bond donors (Lipinski definition) is 2. The van der Waals surface area contributed by atoms with Crippen molar-refractivity contribution < 1.29 is 9.59 Å². The van der Waals surface area contributed by atoms with Crippen LogP contribution in [0.25, 0.3) is 0 Å². The van der Waals surface area contributed by atoms with E-state index in [1.165, 1.54) is 24.2 Å². The summed E-state index contributed by atoms with van der Waals surface area (Å²) in [6, 6.07) is 9.31. The van der Waals surface area contributed by atoms with Gasteiger partial charge in [-0.15, -0.1) is 11.3 Å². The summed E-state index contributed by atoms with van der Waals surface area (Å²) in [6.07, 6.45) is 4.78. The Kier molecular flexibility index (Phi) is 5.02. The second-order valence-electron chi connectivity index (χ2n) is 5.69. The molecule has 0 aliphatic heterocycles. The molecular formula is C17H19N3O2S. The summed E-state index contributed by atoms with van der Waals surface area (Å²) in [5, 5.41) is 8.13. The molecule has 5 nitrogen and oxygen atoms in total. The van der Waals surface area contributed by atoms with Gasteiger partial charge in [0.05, 0.1) is 12.1 Å². The number of hydrogen-bond acceptors (Lipinski definition) is 4. The summed E-state index contributed by atoms with van der Waals surface area (Å²) >= 11 is 1.33. The molecule has 1 aliphatic rings. The Morgan fingerprint density at radius 3 is 2.65 bits per heavy atom. The third kappa shape index (κ3) is 4.39. The monoisotopic (exact) mass is 329 g/mol. The Bertz CT molecular complexity index is 678. The Hall–Kier alpha value is -2.21. The van der Waals surface area contributed by atoms with Crippen molar-refractivity contribution in [3.05, 3.63) is 47.0 Å². The molecule has 0 radical (unpaired) electrons. The Morgan fingerprint density at radius 2 is 1.91 bits per heavy atom. The fourth-order valence-electron chi connectivity index (χ4n) is 2.72. The second-order valence-corrected chi connectivity index (χ2v) is 6.55. The molecule has 2 N–H and O–H groups in total. The lowest BCUT2D eigenvalue weighted by Gasteiger charge is -2.10. The van der Waals surface area contributed by atoms with Crippen molar-refractivity contribution in [2.45, 2.75) is 38.1 Å². The lowest BCUT2D eigenvalue weighted by Crippen LogP contribution is -2.33. The lowest BCUT2D eigenvalue weighted by atomic mass is 10.2. The maximum atomic E-state index is 12.1. The predicted octanol–water partition coefficient (Wildman–Crippen LogP) is 3.00. The van der Waals surface area contributed by atoms with Crippen molar-refractivity contribution in [3.8, 4) is 0 Å². The van der Waals surface area contributed by atoms with E-state index in [4.69, 9.17) is 0 Å². The number of benzene rings is 1. The van der Waals surface area contributed by atoms with Crippen LogP contribution in [-0.2, 0) is 11.2 Å². The highest BCUT2D eigenvalue weighted by Crippen LogP contribution is 2.19. The molecule has 2 amide bonds. The molecule has 0 spiro atoms. The average Bonchev–Trinajstić information content (AvgIpc) is 3.20. The summed E-state index contributed by atoms with van der Waals surface area (Å²) in [5.74, 6) is -0.190. The largest absolute Gasteiger partial charge is 0.353 e. The van der Waals surface area contributed by atoms with Crippen LogP contribution in [0.3, 0.4) is 0 Å². The zero-order chi connectivity index (χ0) is 16.1. The van der Waals surface area contributed by atoms with E-state index in [9.17, 15) is 9.59 Å². The van der Waals surface area contributed by atoms with E-state index in [0.29, 0.717) is 22.4 Å². The molecule has 23 heavy (non-hydrogen) atoms. The number of thiazole rings is 1. The molecule has 2 aromatic rings. The Labute approximate surface area is 139 Å². The molecule has 1 heterocycles. The number of rotatable bonds is 5. The zero-order valence-electron chi connectivity index (χ0n) is 12.7. The van der Waals surface area contributed by atoms with Crippen LogP contribution < -0.4 is 10.6 Å². The predicted molar refractivity (Wildman–Crippen MR) is 90.6 cm³/mol. The first-order chi connectivity index (χ1) is 11.2. The van der Waals surface area contributed by atoms with Gasteiger partial charge in [-0.1, -0.05) is 31.0 Å². The normalized spacial score (nSPS) is 14.6. The van der Waals surface area contributed by atoms with E-state index in [0.717, 1.165) is 12.8 Å².